The molecule has 0 saturated carbocycles. The fourth-order valence-electron chi connectivity index (χ4n) is 1.55. The van der Waals surface area contributed by atoms with Crippen LogP contribution in [0.1, 0.15) is 18.1 Å². The quantitative estimate of drug-likeness (QED) is 0.623. The Morgan fingerprint density at radius 2 is 1.92 bits per heavy atom. The van der Waals surface area contributed by atoms with E-state index < -0.39 is 35.8 Å². The normalized spacial score (nSPS) is 12.6. The van der Waals surface area contributed by atoms with Crippen molar-refractivity contribution in [3.8, 4) is 0 Å². The fourth-order valence-corrected chi connectivity index (χ4v) is 1.73. The molecule has 0 heterocycles. The second-order valence-corrected chi connectivity index (χ2v) is 5.12. The highest BCUT2D eigenvalue weighted by atomic mass is 35.5. The SMILES string of the molecule is CNC(=O)NC(=O)[C@@H](C)OC(=O)/C=C/c1cc(C(F)(F)F)ccc1Cl. The number of esters is 1. The number of hydrogen-bond donors (Lipinski definition) is 2. The number of carbonyl (C=O) groups is 3. The number of benzene rings is 1. The number of rotatable bonds is 4. The first-order valence-electron chi connectivity index (χ1n) is 6.82. The Morgan fingerprint density at radius 3 is 2.48 bits per heavy atom. The van der Waals surface area contributed by atoms with E-state index in [4.69, 9.17) is 16.3 Å². The first kappa shape index (κ1) is 20.5. The molecular weight excluding hydrogens is 365 g/mol. The van der Waals surface area contributed by atoms with E-state index >= 15 is 0 Å². The zero-order valence-corrected chi connectivity index (χ0v) is 13.9. The molecule has 0 radical (unpaired) electrons. The first-order valence-corrected chi connectivity index (χ1v) is 7.20. The van der Waals surface area contributed by atoms with E-state index in [1.165, 1.54) is 14.0 Å². The molecule has 3 amide bonds. The van der Waals surface area contributed by atoms with E-state index in [1.807, 2.05) is 5.32 Å². The van der Waals surface area contributed by atoms with Gasteiger partial charge in [-0.05, 0) is 36.8 Å². The maximum absolute atomic E-state index is 12.7. The number of hydrogen-bond acceptors (Lipinski definition) is 4. The Hall–Kier alpha value is -2.55. The first-order chi connectivity index (χ1) is 11.5. The predicted molar refractivity (Wildman–Crippen MR) is 83.6 cm³/mol. The van der Waals surface area contributed by atoms with Crippen LogP contribution in [0.3, 0.4) is 0 Å². The molecule has 2 N–H and O–H groups in total. The third kappa shape index (κ3) is 6.46. The van der Waals surface area contributed by atoms with E-state index in [0.29, 0.717) is 0 Å². The minimum atomic E-state index is -4.56. The van der Waals surface area contributed by atoms with Gasteiger partial charge in [0.25, 0.3) is 5.91 Å². The number of urea groups is 1. The molecule has 25 heavy (non-hydrogen) atoms. The zero-order chi connectivity index (χ0) is 19.2. The molecule has 0 aromatic heterocycles. The van der Waals surface area contributed by atoms with Gasteiger partial charge in [-0.1, -0.05) is 11.6 Å². The van der Waals surface area contributed by atoms with Crippen molar-refractivity contribution in [2.75, 3.05) is 7.05 Å². The van der Waals surface area contributed by atoms with E-state index in [9.17, 15) is 27.6 Å². The fraction of sp³-hybridized carbons (Fsp3) is 0.267. The molecule has 1 aromatic rings. The lowest BCUT2D eigenvalue weighted by Gasteiger charge is -2.11. The number of imide groups is 1. The van der Waals surface area contributed by atoms with Gasteiger partial charge in [0.2, 0.25) is 0 Å². The number of amides is 3. The molecule has 0 unspecified atom stereocenters. The van der Waals surface area contributed by atoms with Crippen molar-refractivity contribution in [3.63, 3.8) is 0 Å². The van der Waals surface area contributed by atoms with E-state index in [2.05, 4.69) is 5.32 Å². The van der Waals surface area contributed by atoms with E-state index in [1.54, 1.807) is 0 Å². The van der Waals surface area contributed by atoms with Gasteiger partial charge in [-0.3, -0.25) is 10.1 Å². The lowest BCUT2D eigenvalue weighted by molar-refractivity contribution is -0.149. The lowest BCUT2D eigenvalue weighted by Crippen LogP contribution is -2.43. The van der Waals surface area contributed by atoms with Gasteiger partial charge in [-0.25, -0.2) is 9.59 Å². The molecule has 0 aliphatic heterocycles. The summed E-state index contributed by atoms with van der Waals surface area (Å²) in [5, 5.41) is 4.05. The largest absolute Gasteiger partial charge is 0.449 e. The highest BCUT2D eigenvalue weighted by Crippen LogP contribution is 2.32. The molecule has 0 spiro atoms. The molecule has 136 valence electrons. The van der Waals surface area contributed by atoms with Crippen molar-refractivity contribution >= 4 is 35.6 Å². The van der Waals surface area contributed by atoms with Crippen molar-refractivity contribution in [2.45, 2.75) is 19.2 Å². The van der Waals surface area contributed by atoms with Gasteiger partial charge in [0.15, 0.2) is 6.10 Å². The lowest BCUT2D eigenvalue weighted by atomic mass is 10.1. The second-order valence-electron chi connectivity index (χ2n) is 4.71. The minimum Gasteiger partial charge on any atom is -0.449 e. The van der Waals surface area contributed by atoms with Crippen molar-refractivity contribution in [3.05, 3.63) is 40.4 Å². The molecule has 1 rings (SSSR count). The summed E-state index contributed by atoms with van der Waals surface area (Å²) in [5.74, 6) is -1.86. The standard InChI is InChI=1S/C15H14ClF3N2O4/c1-8(13(23)21-14(24)20-2)25-12(22)6-3-9-7-10(15(17,18)19)4-5-11(9)16/h3-8H,1-2H3,(H2,20,21,23,24)/b6-3+/t8-/m1/s1. The smallest absolute Gasteiger partial charge is 0.416 e. The predicted octanol–water partition coefficient (Wildman–Crippen LogP) is 2.76. The summed E-state index contributed by atoms with van der Waals surface area (Å²) < 4.78 is 42.7. The van der Waals surface area contributed by atoms with Crippen LogP contribution in [0.5, 0.6) is 0 Å². The minimum absolute atomic E-state index is 0.00228. The third-order valence-corrected chi connectivity index (χ3v) is 3.19. The average molecular weight is 379 g/mol. The summed E-state index contributed by atoms with van der Waals surface area (Å²) in [4.78, 5) is 34.1. The molecular formula is C15H14ClF3N2O4. The Balaban J connectivity index is 2.77. The van der Waals surface area contributed by atoms with Gasteiger partial charge in [0.05, 0.1) is 5.56 Å². The van der Waals surface area contributed by atoms with Gasteiger partial charge >= 0.3 is 18.2 Å². The van der Waals surface area contributed by atoms with Gasteiger partial charge in [0.1, 0.15) is 0 Å². The van der Waals surface area contributed by atoms with Gasteiger partial charge < -0.3 is 10.1 Å². The summed E-state index contributed by atoms with van der Waals surface area (Å²) >= 11 is 5.78. The zero-order valence-electron chi connectivity index (χ0n) is 13.1. The molecule has 0 aliphatic carbocycles. The summed E-state index contributed by atoms with van der Waals surface area (Å²) in [7, 11) is 1.29. The second kappa shape index (κ2) is 8.52. The van der Waals surface area contributed by atoms with Crippen LogP contribution < -0.4 is 10.6 Å². The van der Waals surface area contributed by atoms with Crippen LogP contribution in [0.25, 0.3) is 6.08 Å². The van der Waals surface area contributed by atoms with Gasteiger partial charge in [-0.2, -0.15) is 13.2 Å². The summed E-state index contributed by atoms with van der Waals surface area (Å²) in [5.41, 5.74) is -0.973. The molecule has 6 nitrogen and oxygen atoms in total. The molecule has 0 saturated heterocycles. The third-order valence-electron chi connectivity index (χ3n) is 2.85. The maximum Gasteiger partial charge on any atom is 0.416 e. The van der Waals surface area contributed by atoms with Crippen LogP contribution in [0.15, 0.2) is 24.3 Å². The van der Waals surface area contributed by atoms with Crippen LogP contribution >= 0.6 is 11.6 Å². The molecule has 0 fully saturated rings. The van der Waals surface area contributed by atoms with Gasteiger partial charge in [-0.15, -0.1) is 0 Å². The Bertz CT molecular complexity index is 705. The van der Waals surface area contributed by atoms with Gasteiger partial charge in [0, 0.05) is 18.1 Å². The van der Waals surface area contributed by atoms with Crippen molar-refractivity contribution in [1.29, 1.82) is 0 Å². The molecule has 0 aliphatic rings. The maximum atomic E-state index is 12.7. The van der Waals surface area contributed by atoms with E-state index in [-0.39, 0.29) is 10.6 Å². The number of ether oxygens (including phenoxy) is 1. The number of halogens is 4. The van der Waals surface area contributed by atoms with Crippen molar-refractivity contribution in [2.24, 2.45) is 0 Å². The highest BCUT2D eigenvalue weighted by molar-refractivity contribution is 6.32. The van der Waals surface area contributed by atoms with Crippen LogP contribution in [-0.2, 0) is 20.5 Å². The summed E-state index contributed by atoms with van der Waals surface area (Å²) in [6, 6.07) is 1.85. The van der Waals surface area contributed by atoms with Crippen molar-refractivity contribution < 1.29 is 32.3 Å². The molecule has 10 heteroatoms. The van der Waals surface area contributed by atoms with Crippen molar-refractivity contribution in [1.82, 2.24) is 10.6 Å². The summed E-state index contributed by atoms with van der Waals surface area (Å²) in [6.45, 7) is 1.22. The molecule has 1 atom stereocenters. The Labute approximate surface area is 146 Å². The van der Waals surface area contributed by atoms with Crippen LogP contribution in [0.2, 0.25) is 5.02 Å². The number of carbonyl (C=O) groups excluding carboxylic acids is 3. The highest BCUT2D eigenvalue weighted by Gasteiger charge is 2.30. The Kier molecular flexibility index (Phi) is 6.98. The van der Waals surface area contributed by atoms with Crippen LogP contribution in [0.4, 0.5) is 18.0 Å². The monoisotopic (exact) mass is 378 g/mol. The van der Waals surface area contributed by atoms with Crippen LogP contribution in [0, 0.1) is 0 Å². The Morgan fingerprint density at radius 1 is 1.28 bits per heavy atom. The number of nitrogens with one attached hydrogen (secondary N) is 2. The summed E-state index contributed by atoms with van der Waals surface area (Å²) in [6.07, 6.45) is -3.99. The topological polar surface area (TPSA) is 84.5 Å². The van der Waals surface area contributed by atoms with Crippen LogP contribution in [-0.4, -0.2) is 31.1 Å². The average Bonchev–Trinajstić information content (AvgIpc) is 2.52. The molecule has 1 aromatic carbocycles. The molecule has 0 bridgehead atoms. The number of alkyl halides is 3. The van der Waals surface area contributed by atoms with E-state index in [0.717, 1.165) is 30.4 Å².